The summed E-state index contributed by atoms with van der Waals surface area (Å²) in [6, 6.07) is 0. The van der Waals surface area contributed by atoms with Gasteiger partial charge in [0, 0.05) is 7.11 Å². The Labute approximate surface area is 251 Å². The second kappa shape index (κ2) is 15.0. The van der Waals surface area contributed by atoms with Crippen LogP contribution in [0.5, 0.6) is 0 Å². The molecule has 0 saturated carbocycles. The normalized spacial score (nSPS) is 53.9. The maximum absolute atomic E-state index is 11.0. The van der Waals surface area contributed by atoms with Gasteiger partial charge in [-0.1, -0.05) is 0 Å². The fraction of sp³-hybridized carbons (Fsp3) is 1.00. The Kier molecular flexibility index (Phi) is 12.3. The van der Waals surface area contributed by atoms with Crippen LogP contribution in [-0.4, -0.2) is 199 Å². The van der Waals surface area contributed by atoms with E-state index in [2.05, 4.69) is 0 Å². The highest BCUT2D eigenvalue weighted by Gasteiger charge is 2.55. The van der Waals surface area contributed by atoms with Crippen molar-refractivity contribution in [1.29, 1.82) is 0 Å². The third kappa shape index (κ3) is 7.06. The van der Waals surface area contributed by atoms with Gasteiger partial charge in [-0.15, -0.1) is 0 Å². The van der Waals surface area contributed by atoms with Crippen molar-refractivity contribution in [1.82, 2.24) is 0 Å². The minimum absolute atomic E-state index is 0.787. The first-order valence-corrected chi connectivity index (χ1v) is 14.2. The van der Waals surface area contributed by atoms with Crippen LogP contribution in [0.25, 0.3) is 0 Å². The van der Waals surface area contributed by atoms with Gasteiger partial charge >= 0.3 is 0 Å². The van der Waals surface area contributed by atoms with Crippen molar-refractivity contribution in [3.05, 3.63) is 0 Å². The minimum atomic E-state index is -1.92. The summed E-state index contributed by atoms with van der Waals surface area (Å²) in [4.78, 5) is 0. The third-order valence-corrected chi connectivity index (χ3v) is 8.38. The standard InChI is InChI=1S/C25H44O19/c1-6-10(28)18(17(35)22(36)38-6)42-25-21(19(37-3)11(29)7(2)39-25)44-24-20(15(33)13(31)9(5-27)41-24)43-23-16(34)14(32)12(30)8(4-26)40-23/h6-36H,4-5H2,1-3H3/t6-,7-,8-,9-,10-,11-,12-,13-,14+,15+,16+,17+,18+,19+,20+,21+,22+,23-,24-,25-/m1/s1. The van der Waals surface area contributed by atoms with Gasteiger partial charge in [-0.2, -0.15) is 0 Å². The molecule has 4 aliphatic heterocycles. The lowest BCUT2D eigenvalue weighted by molar-refractivity contribution is -0.402. The molecule has 4 aliphatic rings. The molecule has 0 radical (unpaired) electrons. The summed E-state index contributed by atoms with van der Waals surface area (Å²) in [6.07, 6.45) is -31.5. The number of hydrogen-bond donors (Lipinski definition) is 11. The number of aliphatic hydroxyl groups is 11. The molecule has 20 atom stereocenters. The Bertz CT molecular complexity index is 886. The topological polar surface area (TPSA) is 296 Å². The van der Waals surface area contributed by atoms with E-state index in [1.54, 1.807) is 0 Å². The van der Waals surface area contributed by atoms with Crippen LogP contribution < -0.4 is 0 Å². The van der Waals surface area contributed by atoms with Crippen molar-refractivity contribution < 1.29 is 94.1 Å². The van der Waals surface area contributed by atoms with E-state index in [0.29, 0.717) is 0 Å². The number of methoxy groups -OCH3 is 1. The van der Waals surface area contributed by atoms with Crippen LogP contribution in [0.15, 0.2) is 0 Å². The largest absolute Gasteiger partial charge is 0.394 e. The molecule has 19 heteroatoms. The maximum atomic E-state index is 11.0. The quantitative estimate of drug-likeness (QED) is 0.111. The highest BCUT2D eigenvalue weighted by Crippen LogP contribution is 2.35. The van der Waals surface area contributed by atoms with Crippen molar-refractivity contribution >= 4 is 0 Å². The van der Waals surface area contributed by atoms with E-state index >= 15 is 0 Å². The van der Waals surface area contributed by atoms with Crippen LogP contribution in [0.4, 0.5) is 0 Å². The first-order valence-electron chi connectivity index (χ1n) is 14.2. The second-order valence-corrected chi connectivity index (χ2v) is 11.3. The fourth-order valence-corrected chi connectivity index (χ4v) is 5.64. The molecule has 4 saturated heterocycles. The number of rotatable bonds is 9. The van der Waals surface area contributed by atoms with E-state index in [4.69, 9.17) is 37.9 Å². The molecule has 0 spiro atoms. The first-order chi connectivity index (χ1) is 20.7. The number of aliphatic hydroxyl groups excluding tert-OH is 11. The highest BCUT2D eigenvalue weighted by atomic mass is 16.8. The lowest BCUT2D eigenvalue weighted by Gasteiger charge is -2.50. The van der Waals surface area contributed by atoms with Gasteiger partial charge in [0.15, 0.2) is 25.2 Å². The zero-order valence-electron chi connectivity index (χ0n) is 24.1. The smallest absolute Gasteiger partial charge is 0.187 e. The summed E-state index contributed by atoms with van der Waals surface area (Å²) in [5.41, 5.74) is 0. The average molecular weight is 649 g/mol. The Morgan fingerprint density at radius 1 is 0.455 bits per heavy atom. The van der Waals surface area contributed by atoms with Crippen LogP contribution in [0.1, 0.15) is 13.8 Å². The molecule has 4 rings (SSSR count). The van der Waals surface area contributed by atoms with Crippen molar-refractivity contribution in [2.75, 3.05) is 20.3 Å². The Morgan fingerprint density at radius 3 is 1.52 bits per heavy atom. The van der Waals surface area contributed by atoms with Gasteiger partial charge in [-0.3, -0.25) is 0 Å². The van der Waals surface area contributed by atoms with E-state index in [9.17, 15) is 56.2 Å². The van der Waals surface area contributed by atoms with E-state index in [1.165, 1.54) is 21.0 Å². The minimum Gasteiger partial charge on any atom is -0.394 e. The summed E-state index contributed by atoms with van der Waals surface area (Å²) in [5, 5.41) is 114. The molecule has 0 unspecified atom stereocenters. The van der Waals surface area contributed by atoms with Gasteiger partial charge in [0.1, 0.15) is 85.5 Å². The lowest BCUT2D eigenvalue weighted by atomic mass is 9.96. The maximum Gasteiger partial charge on any atom is 0.187 e. The van der Waals surface area contributed by atoms with Crippen molar-refractivity contribution in [3.8, 4) is 0 Å². The Balaban J connectivity index is 1.63. The molecule has 44 heavy (non-hydrogen) atoms. The van der Waals surface area contributed by atoms with Crippen LogP contribution in [0, 0.1) is 0 Å². The van der Waals surface area contributed by atoms with E-state index < -0.39 is 136 Å². The van der Waals surface area contributed by atoms with Crippen molar-refractivity contribution in [2.24, 2.45) is 0 Å². The fourth-order valence-electron chi connectivity index (χ4n) is 5.64. The molecule has 0 aromatic carbocycles. The monoisotopic (exact) mass is 648 g/mol. The molecule has 0 bridgehead atoms. The molecule has 0 aromatic heterocycles. The summed E-state index contributed by atoms with van der Waals surface area (Å²) in [6.45, 7) is 1.30. The van der Waals surface area contributed by atoms with Gasteiger partial charge in [0.2, 0.25) is 0 Å². The summed E-state index contributed by atoms with van der Waals surface area (Å²) in [7, 11) is 1.22. The van der Waals surface area contributed by atoms with E-state index in [0.717, 1.165) is 0 Å². The zero-order chi connectivity index (χ0) is 32.6. The van der Waals surface area contributed by atoms with Crippen LogP contribution in [0.2, 0.25) is 0 Å². The predicted octanol–water partition coefficient (Wildman–Crippen LogP) is -7.04. The van der Waals surface area contributed by atoms with Crippen LogP contribution in [0.3, 0.4) is 0 Å². The van der Waals surface area contributed by atoms with Gasteiger partial charge < -0.3 is 94.1 Å². The van der Waals surface area contributed by atoms with Gasteiger partial charge in [0.25, 0.3) is 0 Å². The summed E-state index contributed by atoms with van der Waals surface area (Å²) in [5.74, 6) is 0. The predicted molar refractivity (Wildman–Crippen MR) is 136 cm³/mol. The van der Waals surface area contributed by atoms with Gasteiger partial charge in [-0.25, -0.2) is 0 Å². The molecule has 11 N–H and O–H groups in total. The number of hydrogen-bond acceptors (Lipinski definition) is 19. The molecular formula is C25H44O19. The third-order valence-electron chi connectivity index (χ3n) is 8.38. The van der Waals surface area contributed by atoms with Crippen LogP contribution in [-0.2, 0) is 37.9 Å². The lowest BCUT2D eigenvalue weighted by Crippen LogP contribution is -2.67. The average Bonchev–Trinajstić information content (AvgIpc) is 3.00. The van der Waals surface area contributed by atoms with Crippen LogP contribution >= 0.6 is 0 Å². The molecule has 0 aromatic rings. The van der Waals surface area contributed by atoms with Crippen molar-refractivity contribution in [3.63, 3.8) is 0 Å². The zero-order valence-corrected chi connectivity index (χ0v) is 24.1. The molecule has 0 aliphatic carbocycles. The molecular weight excluding hydrogens is 604 g/mol. The molecule has 4 heterocycles. The molecule has 19 nitrogen and oxygen atoms in total. The van der Waals surface area contributed by atoms with Gasteiger partial charge in [-0.05, 0) is 13.8 Å². The Morgan fingerprint density at radius 2 is 0.932 bits per heavy atom. The highest BCUT2D eigenvalue weighted by molar-refractivity contribution is 4.97. The summed E-state index contributed by atoms with van der Waals surface area (Å²) < 4.78 is 44.9. The summed E-state index contributed by atoms with van der Waals surface area (Å²) >= 11 is 0. The SMILES string of the molecule is CO[C@H]1[C@H](O)[C@@H](C)O[C@H](O[C@H]2[C@H](O)[C@@H](C)O[C@H](O)[C@H]2O)[C@H]1O[C@H]1O[C@H](CO)[C@@H](O)[C@H](O)[C@@H]1O[C@H]1O[C@H](CO)[C@@H](O)[C@H](O)[C@@H]1O. The van der Waals surface area contributed by atoms with E-state index in [1.807, 2.05) is 0 Å². The Hall–Kier alpha value is -0.760. The molecule has 258 valence electrons. The van der Waals surface area contributed by atoms with Gasteiger partial charge in [0.05, 0.1) is 25.4 Å². The first kappa shape index (κ1) is 36.1. The second-order valence-electron chi connectivity index (χ2n) is 11.3. The van der Waals surface area contributed by atoms with E-state index in [-0.39, 0.29) is 0 Å². The molecule has 0 amide bonds. The molecule has 4 fully saturated rings. The van der Waals surface area contributed by atoms with Crippen molar-refractivity contribution in [2.45, 2.75) is 137 Å². The number of ether oxygens (including phenoxy) is 8.